The van der Waals surface area contributed by atoms with Crippen LogP contribution in [0.2, 0.25) is 0 Å². The van der Waals surface area contributed by atoms with E-state index >= 15 is 0 Å². The molecule has 38 heavy (non-hydrogen) atoms. The van der Waals surface area contributed by atoms with Gasteiger partial charge in [-0.1, -0.05) is 12.1 Å². The third-order valence-corrected chi connectivity index (χ3v) is 7.29. The number of ether oxygens (including phenoxy) is 4. The van der Waals surface area contributed by atoms with E-state index in [2.05, 4.69) is 9.72 Å². The Kier molecular flexibility index (Phi) is 8.53. The van der Waals surface area contributed by atoms with E-state index in [0.29, 0.717) is 6.42 Å². The summed E-state index contributed by atoms with van der Waals surface area (Å²) in [6, 6.07) is 12.9. The van der Waals surface area contributed by atoms with Gasteiger partial charge in [0.25, 0.3) is 0 Å². The van der Waals surface area contributed by atoms with Crippen molar-refractivity contribution in [1.29, 1.82) is 0 Å². The number of pyridine rings is 1. The lowest BCUT2D eigenvalue weighted by atomic mass is 9.91. The van der Waals surface area contributed by atoms with Crippen molar-refractivity contribution in [2.75, 3.05) is 6.61 Å². The van der Waals surface area contributed by atoms with Crippen molar-refractivity contribution in [3.63, 3.8) is 0 Å². The number of aliphatic hydroxyl groups is 2. The van der Waals surface area contributed by atoms with Crippen LogP contribution in [0, 0.1) is 12.9 Å². The predicted octanol–water partition coefficient (Wildman–Crippen LogP) is 4.23. The minimum absolute atomic E-state index is 0.0865. The van der Waals surface area contributed by atoms with Crippen LogP contribution >= 0.6 is 11.3 Å². The second kappa shape index (κ2) is 11.8. The number of thiophene rings is 1. The Bertz CT molecular complexity index is 1320. The smallest absolute Gasteiger partial charge is 0.303 e. The number of nitrogens with zero attached hydrogens (tertiary/aromatic N) is 1. The first-order chi connectivity index (χ1) is 18.1. The molecule has 1 aliphatic heterocycles. The summed E-state index contributed by atoms with van der Waals surface area (Å²) in [5.74, 6) is -2.22. The van der Waals surface area contributed by atoms with Gasteiger partial charge >= 0.3 is 17.9 Å². The average molecular weight is 543 g/mol. The minimum atomic E-state index is -1.00. The fourth-order valence-corrected chi connectivity index (χ4v) is 5.51. The third kappa shape index (κ3) is 6.62. The maximum atomic E-state index is 13.2. The summed E-state index contributed by atoms with van der Waals surface area (Å²) >= 11 is 1.60. The highest BCUT2D eigenvalue weighted by Crippen LogP contribution is 2.35. The number of benzene rings is 1. The molecule has 0 amide bonds. The summed E-state index contributed by atoms with van der Waals surface area (Å²) in [4.78, 5) is 41.4. The molecule has 2 aromatic heterocycles. The first-order valence-electron chi connectivity index (χ1n) is 12.1. The Hall–Kier alpha value is -3.63. The number of hydrogen-bond donors (Lipinski definition) is 0. The average Bonchev–Trinajstić information content (AvgIpc) is 3.31. The van der Waals surface area contributed by atoms with Crippen LogP contribution in [0.1, 0.15) is 48.4 Å². The van der Waals surface area contributed by atoms with E-state index in [-0.39, 0.29) is 6.61 Å². The third-order valence-electron chi connectivity index (χ3n) is 6.16. The number of aromatic nitrogens is 1. The topological polar surface area (TPSA) is 105 Å². The second-order valence-electron chi connectivity index (χ2n) is 9.10. The Labute approximate surface area is 223 Å². The highest BCUT2D eigenvalue weighted by Gasteiger charge is 2.51. The highest BCUT2D eigenvalue weighted by atomic mass is 32.1. The van der Waals surface area contributed by atoms with Crippen LogP contribution in [0.5, 0.6) is 0 Å². The van der Waals surface area contributed by atoms with Crippen LogP contribution in [0.3, 0.4) is 0 Å². The minimum Gasteiger partial charge on any atom is -0.454 e. The van der Waals surface area contributed by atoms with Crippen molar-refractivity contribution in [3.8, 4) is 10.4 Å². The molecule has 1 aromatic carbocycles. The van der Waals surface area contributed by atoms with Gasteiger partial charge in [-0.3, -0.25) is 14.4 Å². The van der Waals surface area contributed by atoms with Gasteiger partial charge in [-0.2, -0.15) is 4.39 Å². The number of halogens is 1. The zero-order valence-corrected chi connectivity index (χ0v) is 22.3. The van der Waals surface area contributed by atoms with Gasteiger partial charge in [0.1, 0.15) is 0 Å². The molecule has 0 aliphatic carbocycles. The summed E-state index contributed by atoms with van der Waals surface area (Å²) in [5.41, 5.74) is 3.75. The second-order valence-corrected chi connectivity index (χ2v) is 10.3. The molecule has 1 saturated heterocycles. The maximum Gasteiger partial charge on any atom is 0.303 e. The predicted molar refractivity (Wildman–Crippen MR) is 138 cm³/mol. The van der Waals surface area contributed by atoms with E-state index in [1.165, 1.54) is 33.0 Å². The van der Waals surface area contributed by atoms with Crippen molar-refractivity contribution in [2.45, 2.75) is 58.5 Å². The number of hydrogen-bond acceptors (Lipinski definition) is 8. The Morgan fingerprint density at radius 3 is 2.34 bits per heavy atom. The molecule has 0 saturated carbocycles. The number of esters is 3. The molecule has 1 aliphatic rings. The Balaban J connectivity index is 1.61. The molecular formula is C28H29FNO7S+. The standard InChI is InChI=1S/C28H28FNO7S/c1-15-5-6-19(11-21(15)12-22-8-9-24(38-22)20-7-10-25(29)30-13-20)26-28(37-18(4)33)27(36-17(3)32)23(14-34-26)35-16(2)31/h5-11,13,23,26-28H,12,14H2,1-4H3/p+1/t23-,26?,27+,28+/m1/s1. The SMILES string of the molecule is CC(=O)O[C@H]1[C@H](OC(C)=O)C[OH+]C(c2ccc(C)c(Cc3ccc(-c4ccc(F)nc4)s3)c2)[C@@H]1OC(C)=O. The van der Waals surface area contributed by atoms with Gasteiger partial charge in [0.05, 0.1) is 0 Å². The number of rotatable bonds is 7. The lowest BCUT2D eigenvalue weighted by Crippen LogP contribution is -2.55. The van der Waals surface area contributed by atoms with Crippen molar-refractivity contribution in [1.82, 2.24) is 4.98 Å². The summed E-state index contributed by atoms with van der Waals surface area (Å²) in [5, 5.41) is 0. The van der Waals surface area contributed by atoms with E-state index in [0.717, 1.165) is 32.0 Å². The Morgan fingerprint density at radius 1 is 0.974 bits per heavy atom. The van der Waals surface area contributed by atoms with Gasteiger partial charge in [0, 0.05) is 54.3 Å². The van der Waals surface area contributed by atoms with E-state index in [4.69, 9.17) is 14.2 Å². The van der Waals surface area contributed by atoms with Gasteiger partial charge < -0.3 is 18.9 Å². The lowest BCUT2D eigenvalue weighted by Gasteiger charge is -2.38. The van der Waals surface area contributed by atoms with E-state index in [9.17, 15) is 18.8 Å². The first kappa shape index (κ1) is 27.4. The van der Waals surface area contributed by atoms with Crippen LogP contribution in [0.25, 0.3) is 10.4 Å². The number of carbonyl (C=O) groups is 3. The molecule has 0 bridgehead atoms. The summed E-state index contributed by atoms with van der Waals surface area (Å²) in [6.45, 7) is 5.87. The van der Waals surface area contributed by atoms with Gasteiger partial charge in [-0.05, 0) is 48.4 Å². The van der Waals surface area contributed by atoms with Gasteiger partial charge in [-0.25, -0.2) is 4.98 Å². The van der Waals surface area contributed by atoms with Gasteiger partial charge in [-0.15, -0.1) is 11.3 Å². The monoisotopic (exact) mass is 542 g/mol. The Morgan fingerprint density at radius 2 is 1.68 bits per heavy atom. The molecule has 0 spiro atoms. The van der Waals surface area contributed by atoms with Gasteiger partial charge in [0.15, 0.2) is 12.7 Å². The summed E-state index contributed by atoms with van der Waals surface area (Å²) < 4.78 is 34.3. The fraction of sp³-hybridized carbons (Fsp3) is 0.357. The normalized spacial score (nSPS) is 21.0. The van der Waals surface area contributed by atoms with Crippen LogP contribution in [0.15, 0.2) is 48.7 Å². The molecule has 200 valence electrons. The number of carbonyl (C=O) groups excluding carboxylic acids is 3. The van der Waals surface area contributed by atoms with Crippen molar-refractivity contribution >= 4 is 29.2 Å². The van der Waals surface area contributed by atoms with E-state index in [1.807, 2.05) is 37.3 Å². The van der Waals surface area contributed by atoms with Gasteiger partial charge in [0.2, 0.25) is 24.3 Å². The zero-order valence-electron chi connectivity index (χ0n) is 21.5. The molecule has 8 nitrogen and oxygen atoms in total. The largest absolute Gasteiger partial charge is 0.454 e. The quantitative estimate of drug-likeness (QED) is 0.190. The lowest BCUT2D eigenvalue weighted by molar-refractivity contribution is -0.272. The van der Waals surface area contributed by atoms with E-state index in [1.54, 1.807) is 17.4 Å². The molecule has 10 heteroatoms. The fourth-order valence-electron chi connectivity index (χ4n) is 4.49. The van der Waals surface area contributed by atoms with Crippen molar-refractivity contribution in [3.05, 3.63) is 76.2 Å². The number of aryl methyl sites for hydroxylation is 1. The van der Waals surface area contributed by atoms with Crippen LogP contribution < -0.4 is 0 Å². The molecular weight excluding hydrogens is 513 g/mol. The molecule has 1 unspecified atom stereocenters. The zero-order chi connectivity index (χ0) is 27.4. The molecule has 4 atom stereocenters. The van der Waals surface area contributed by atoms with Crippen LogP contribution in [-0.2, 0) is 35.0 Å². The van der Waals surface area contributed by atoms with Crippen molar-refractivity contribution in [2.24, 2.45) is 0 Å². The first-order valence-corrected chi connectivity index (χ1v) is 12.9. The molecule has 3 aromatic rings. The molecule has 1 N–H and O–H groups in total. The molecule has 3 heterocycles. The highest BCUT2D eigenvalue weighted by molar-refractivity contribution is 7.15. The maximum absolute atomic E-state index is 13.2. The summed E-state index contributed by atoms with van der Waals surface area (Å²) in [6.07, 6.45) is -1.31. The molecule has 1 fully saturated rings. The molecule has 4 rings (SSSR count). The summed E-state index contributed by atoms with van der Waals surface area (Å²) in [7, 11) is 0. The molecule has 0 radical (unpaired) electrons. The van der Waals surface area contributed by atoms with Crippen molar-refractivity contribution < 1.29 is 37.7 Å². The van der Waals surface area contributed by atoms with E-state index < -0.39 is 48.3 Å². The van der Waals surface area contributed by atoms with Crippen LogP contribution in [-0.4, -0.2) is 52.5 Å². The van der Waals surface area contributed by atoms with Crippen LogP contribution in [0.4, 0.5) is 4.39 Å².